The fraction of sp³-hybridized carbons (Fsp3) is 0.917. The van der Waals surface area contributed by atoms with Crippen molar-refractivity contribution in [3.63, 3.8) is 0 Å². The molecule has 0 saturated carbocycles. The van der Waals surface area contributed by atoms with Crippen LogP contribution in [-0.2, 0) is 4.74 Å². The van der Waals surface area contributed by atoms with Crippen molar-refractivity contribution >= 4 is 6.09 Å². The van der Waals surface area contributed by atoms with Crippen molar-refractivity contribution < 1.29 is 9.53 Å². The van der Waals surface area contributed by atoms with Gasteiger partial charge in [0.05, 0.1) is 6.61 Å². The lowest BCUT2D eigenvalue weighted by atomic mass is 9.86. The van der Waals surface area contributed by atoms with Gasteiger partial charge in [-0.25, -0.2) is 4.79 Å². The normalized spacial score (nSPS) is 19.6. The maximum Gasteiger partial charge on any atom is 0.409 e. The second kappa shape index (κ2) is 6.09. The minimum atomic E-state index is -0.174. The summed E-state index contributed by atoms with van der Waals surface area (Å²) >= 11 is 0. The number of hydrogen-bond donors (Lipinski definition) is 1. The first-order chi connectivity index (χ1) is 7.61. The molecule has 1 fully saturated rings. The number of amides is 1. The summed E-state index contributed by atoms with van der Waals surface area (Å²) in [6.07, 6.45) is 4.56. The number of hydrogen-bond acceptors (Lipinski definition) is 3. The van der Waals surface area contributed by atoms with Crippen LogP contribution in [0.1, 0.15) is 46.0 Å². The first-order valence-corrected chi connectivity index (χ1v) is 6.32. The molecule has 0 aromatic heterocycles. The van der Waals surface area contributed by atoms with Gasteiger partial charge in [0, 0.05) is 18.6 Å². The zero-order chi connectivity index (χ0) is 12.0. The predicted octanol–water partition coefficient (Wildman–Crippen LogP) is 2.13. The zero-order valence-electron chi connectivity index (χ0n) is 10.5. The number of nitrogens with zero attached hydrogens (tertiary/aromatic N) is 1. The molecule has 94 valence electrons. The third-order valence-corrected chi connectivity index (χ3v) is 3.44. The summed E-state index contributed by atoms with van der Waals surface area (Å²) in [5, 5.41) is 0. The Morgan fingerprint density at radius 1 is 1.38 bits per heavy atom. The molecule has 1 aliphatic heterocycles. The molecule has 1 saturated heterocycles. The van der Waals surface area contributed by atoms with Gasteiger partial charge in [-0.1, -0.05) is 20.3 Å². The summed E-state index contributed by atoms with van der Waals surface area (Å²) in [6.45, 7) is 6.19. The molecule has 1 rings (SSSR count). The fourth-order valence-electron chi connectivity index (χ4n) is 1.88. The number of likely N-dealkylation sites (tertiary alicyclic amines) is 1. The second-order valence-electron chi connectivity index (χ2n) is 4.67. The number of carbonyl (C=O) groups excluding carboxylic acids is 1. The molecule has 0 radical (unpaired) electrons. The molecule has 0 spiro atoms. The zero-order valence-corrected chi connectivity index (χ0v) is 10.5. The molecule has 0 aromatic carbocycles. The first kappa shape index (κ1) is 13.3. The van der Waals surface area contributed by atoms with Gasteiger partial charge in [-0.15, -0.1) is 0 Å². The van der Waals surface area contributed by atoms with Crippen molar-refractivity contribution in [3.8, 4) is 0 Å². The Morgan fingerprint density at radius 2 is 2.00 bits per heavy atom. The monoisotopic (exact) mass is 228 g/mol. The van der Waals surface area contributed by atoms with E-state index in [1.807, 2.05) is 0 Å². The second-order valence-corrected chi connectivity index (χ2v) is 4.67. The summed E-state index contributed by atoms with van der Waals surface area (Å²) in [7, 11) is 0. The van der Waals surface area contributed by atoms with Crippen LogP contribution in [0.15, 0.2) is 0 Å². The average Bonchev–Trinajstić information content (AvgIpc) is 2.30. The Labute approximate surface area is 98.1 Å². The van der Waals surface area contributed by atoms with Crippen LogP contribution in [-0.4, -0.2) is 36.2 Å². The lowest BCUT2D eigenvalue weighted by molar-refractivity contribution is 0.0819. The minimum Gasteiger partial charge on any atom is -0.449 e. The van der Waals surface area contributed by atoms with Crippen LogP contribution in [0.5, 0.6) is 0 Å². The van der Waals surface area contributed by atoms with E-state index < -0.39 is 0 Å². The van der Waals surface area contributed by atoms with Crippen LogP contribution in [0.4, 0.5) is 4.79 Å². The molecule has 0 unspecified atom stereocenters. The quantitative estimate of drug-likeness (QED) is 0.750. The van der Waals surface area contributed by atoms with E-state index in [-0.39, 0.29) is 11.6 Å². The van der Waals surface area contributed by atoms with E-state index in [2.05, 4.69) is 13.8 Å². The van der Waals surface area contributed by atoms with Crippen LogP contribution in [0.2, 0.25) is 0 Å². The van der Waals surface area contributed by atoms with Gasteiger partial charge >= 0.3 is 6.09 Å². The van der Waals surface area contributed by atoms with E-state index >= 15 is 0 Å². The lowest BCUT2D eigenvalue weighted by Gasteiger charge is -2.38. The molecule has 1 heterocycles. The summed E-state index contributed by atoms with van der Waals surface area (Å²) in [5.74, 6) is 0. The van der Waals surface area contributed by atoms with Crippen molar-refractivity contribution in [3.05, 3.63) is 0 Å². The Morgan fingerprint density at radius 3 is 2.50 bits per heavy atom. The molecule has 0 atom stereocenters. The smallest absolute Gasteiger partial charge is 0.409 e. The van der Waals surface area contributed by atoms with Crippen molar-refractivity contribution in [2.45, 2.75) is 51.5 Å². The molecule has 4 nitrogen and oxygen atoms in total. The molecule has 0 aromatic rings. The Hall–Kier alpha value is -0.770. The third kappa shape index (κ3) is 3.67. The van der Waals surface area contributed by atoms with E-state index in [1.54, 1.807) is 4.90 Å². The van der Waals surface area contributed by atoms with Crippen LogP contribution in [0.3, 0.4) is 0 Å². The van der Waals surface area contributed by atoms with Gasteiger partial charge in [0.25, 0.3) is 0 Å². The van der Waals surface area contributed by atoms with Gasteiger partial charge in [-0.2, -0.15) is 0 Å². The maximum atomic E-state index is 11.6. The maximum absolute atomic E-state index is 11.6. The predicted molar refractivity (Wildman–Crippen MR) is 64.3 cm³/mol. The summed E-state index contributed by atoms with van der Waals surface area (Å²) < 4.78 is 5.17. The van der Waals surface area contributed by atoms with Crippen molar-refractivity contribution in [2.75, 3.05) is 19.7 Å². The molecule has 0 aliphatic carbocycles. The molecule has 1 amide bonds. The number of nitrogens with two attached hydrogens (primary N) is 1. The molecular formula is C12H24N2O2. The number of rotatable bonds is 4. The Bertz CT molecular complexity index is 223. The fourth-order valence-corrected chi connectivity index (χ4v) is 1.88. The Kier molecular flexibility index (Phi) is 5.06. The molecular weight excluding hydrogens is 204 g/mol. The van der Waals surface area contributed by atoms with E-state index in [1.165, 1.54) is 0 Å². The van der Waals surface area contributed by atoms with Gasteiger partial charge in [0.2, 0.25) is 0 Å². The van der Waals surface area contributed by atoms with Crippen molar-refractivity contribution in [1.29, 1.82) is 0 Å². The van der Waals surface area contributed by atoms with E-state index in [9.17, 15) is 4.79 Å². The van der Waals surface area contributed by atoms with Gasteiger partial charge in [-0.3, -0.25) is 0 Å². The highest BCUT2D eigenvalue weighted by Gasteiger charge is 2.31. The number of ether oxygens (including phenoxy) is 1. The highest BCUT2D eigenvalue weighted by atomic mass is 16.6. The van der Waals surface area contributed by atoms with E-state index in [0.29, 0.717) is 6.61 Å². The molecule has 0 bridgehead atoms. The highest BCUT2D eigenvalue weighted by Crippen LogP contribution is 2.22. The molecule has 2 N–H and O–H groups in total. The number of carbonyl (C=O) groups is 1. The number of piperidine rings is 1. The first-order valence-electron chi connectivity index (χ1n) is 6.32. The Balaban J connectivity index is 2.27. The number of unbranched alkanes of at least 4 members (excludes halogenated alkanes) is 1. The van der Waals surface area contributed by atoms with Crippen LogP contribution >= 0.6 is 0 Å². The van der Waals surface area contributed by atoms with Crippen molar-refractivity contribution in [1.82, 2.24) is 4.90 Å². The van der Waals surface area contributed by atoms with Gasteiger partial charge in [0.15, 0.2) is 0 Å². The molecule has 16 heavy (non-hydrogen) atoms. The standard InChI is InChI=1S/C12H24N2O2/c1-3-5-10-16-11(15)14-8-6-12(13,4-2)7-9-14/h3-10,13H2,1-2H3. The topological polar surface area (TPSA) is 55.6 Å². The van der Waals surface area contributed by atoms with Crippen molar-refractivity contribution in [2.24, 2.45) is 5.73 Å². The van der Waals surface area contributed by atoms with Gasteiger partial charge in [-0.05, 0) is 25.7 Å². The summed E-state index contributed by atoms with van der Waals surface area (Å²) in [5.41, 5.74) is 6.09. The van der Waals surface area contributed by atoms with Gasteiger partial charge < -0.3 is 15.4 Å². The minimum absolute atomic E-state index is 0.0692. The van der Waals surface area contributed by atoms with E-state index in [0.717, 1.165) is 45.2 Å². The van der Waals surface area contributed by atoms with Crippen LogP contribution < -0.4 is 5.73 Å². The molecule has 1 aliphatic rings. The molecule has 4 heteroatoms. The van der Waals surface area contributed by atoms with Crippen LogP contribution in [0.25, 0.3) is 0 Å². The SMILES string of the molecule is CCCCOC(=O)N1CCC(N)(CC)CC1. The summed E-state index contributed by atoms with van der Waals surface area (Å²) in [6, 6.07) is 0. The summed E-state index contributed by atoms with van der Waals surface area (Å²) in [4.78, 5) is 13.4. The highest BCUT2D eigenvalue weighted by molar-refractivity contribution is 5.67. The third-order valence-electron chi connectivity index (χ3n) is 3.44. The van der Waals surface area contributed by atoms with E-state index in [4.69, 9.17) is 10.5 Å². The lowest BCUT2D eigenvalue weighted by Crippen LogP contribution is -2.51. The average molecular weight is 228 g/mol. The van der Waals surface area contributed by atoms with Gasteiger partial charge in [0.1, 0.15) is 0 Å². The van der Waals surface area contributed by atoms with Crippen LogP contribution in [0, 0.1) is 0 Å². The largest absolute Gasteiger partial charge is 0.449 e.